The summed E-state index contributed by atoms with van der Waals surface area (Å²) >= 11 is 6.15. The summed E-state index contributed by atoms with van der Waals surface area (Å²) in [6.45, 7) is 1.82. The number of hydrogen-bond acceptors (Lipinski definition) is 10. The third kappa shape index (κ3) is 4.29. The van der Waals surface area contributed by atoms with Gasteiger partial charge in [0.05, 0.1) is 28.2 Å². The van der Waals surface area contributed by atoms with Gasteiger partial charge in [-0.1, -0.05) is 17.7 Å². The molecule has 3 aliphatic carbocycles. The third-order valence-corrected chi connectivity index (χ3v) is 11.0. The first-order chi connectivity index (χ1) is 21.8. The Bertz CT molecular complexity index is 1660. The molecule has 3 aliphatic heterocycles. The molecule has 46 heavy (non-hydrogen) atoms. The second-order valence-electron chi connectivity index (χ2n) is 13.1. The summed E-state index contributed by atoms with van der Waals surface area (Å²) in [4.78, 5) is 50.4. The van der Waals surface area contributed by atoms with E-state index in [1.165, 1.54) is 17.7 Å². The van der Waals surface area contributed by atoms with Crippen molar-refractivity contribution in [1.82, 2.24) is 9.80 Å². The van der Waals surface area contributed by atoms with Gasteiger partial charge in [-0.25, -0.2) is 9.59 Å². The molecule has 1 spiro atoms. The third-order valence-electron chi connectivity index (χ3n) is 10.7. The lowest BCUT2D eigenvalue weighted by Crippen LogP contribution is -2.78. The first-order valence-electron chi connectivity index (χ1n) is 15.3. The Morgan fingerprint density at radius 2 is 1.65 bits per heavy atom. The molecule has 7 atom stereocenters. The van der Waals surface area contributed by atoms with Gasteiger partial charge in [0.1, 0.15) is 6.10 Å². The van der Waals surface area contributed by atoms with E-state index in [0.717, 1.165) is 24.2 Å². The van der Waals surface area contributed by atoms with Gasteiger partial charge >= 0.3 is 11.9 Å². The van der Waals surface area contributed by atoms with Crippen molar-refractivity contribution in [3.8, 4) is 11.5 Å². The van der Waals surface area contributed by atoms with E-state index in [9.17, 15) is 29.4 Å². The molecule has 3 heterocycles. The van der Waals surface area contributed by atoms with E-state index in [-0.39, 0.29) is 23.6 Å². The molecular weight excluding hydrogens is 624 g/mol. The van der Waals surface area contributed by atoms with Gasteiger partial charge in [0, 0.05) is 23.2 Å². The van der Waals surface area contributed by atoms with Gasteiger partial charge in [-0.05, 0) is 80.8 Å². The minimum absolute atomic E-state index is 0.0478. The van der Waals surface area contributed by atoms with Gasteiger partial charge in [-0.15, -0.1) is 0 Å². The number of imide groups is 1. The molecule has 2 aromatic carbocycles. The number of amides is 2. The van der Waals surface area contributed by atoms with Gasteiger partial charge < -0.3 is 35.4 Å². The summed E-state index contributed by atoms with van der Waals surface area (Å²) in [5.41, 5.74) is 0.801. The first kappa shape index (κ1) is 30.9. The second kappa shape index (κ2) is 10.6. The molecule has 6 aliphatic rings. The predicted octanol–water partition coefficient (Wildman–Crippen LogP) is 1.15. The largest absolute Gasteiger partial charge is 0.504 e. The number of aliphatic carboxylic acids is 2. The molecule has 0 radical (unpaired) electrons. The molecule has 2 unspecified atom stereocenters. The molecule has 6 N–H and O–H groups in total. The van der Waals surface area contributed by atoms with Crippen molar-refractivity contribution < 1.29 is 54.6 Å². The van der Waals surface area contributed by atoms with E-state index < -0.39 is 47.3 Å². The van der Waals surface area contributed by atoms with Gasteiger partial charge in [-0.2, -0.15) is 0 Å². The van der Waals surface area contributed by atoms with E-state index >= 15 is 0 Å². The lowest BCUT2D eigenvalue weighted by molar-refractivity contribution is -0.196. The number of halogens is 1. The maximum absolute atomic E-state index is 13.6. The number of carbonyl (C=O) groups is 4. The van der Waals surface area contributed by atoms with Crippen molar-refractivity contribution in [2.24, 2.45) is 5.92 Å². The normalized spacial score (nSPS) is 31.7. The Kier molecular flexibility index (Phi) is 7.14. The Morgan fingerprint density at radius 1 is 0.978 bits per heavy atom. The van der Waals surface area contributed by atoms with E-state index in [1.54, 1.807) is 24.3 Å². The number of aliphatic hydroxyl groups excluding tert-OH is 2. The highest BCUT2D eigenvalue weighted by Crippen LogP contribution is 2.66. The summed E-state index contributed by atoms with van der Waals surface area (Å²) in [6, 6.07) is 7.81. The standard InChI is InChI=1S/C28H27ClN2O5.C4H6O6/c29-16-4-5-17-18(12-16)26(34)31(25(17)33)19-7-8-28(35)21-11-15-3-6-20(32)23-22(15)27(28,24(19)36-23)9-10-30(21)13-14-1-2-14;5-1(3(7)8)2(6)4(9)10/h3-6,12,14,19,21,24,32,35H,1-2,7-11,13H2;1-2,5-6H,(H,7,8)(H,9,10)/t19-,21-,24-,27+,28-;/m1./s1. The highest BCUT2D eigenvalue weighted by Gasteiger charge is 2.74. The number of phenolic OH excluding ortho intramolecular Hbond substituents is 1. The molecule has 244 valence electrons. The van der Waals surface area contributed by atoms with Crippen LogP contribution in [0.4, 0.5) is 0 Å². The van der Waals surface area contributed by atoms with E-state index in [0.29, 0.717) is 53.5 Å². The zero-order valence-electron chi connectivity index (χ0n) is 24.5. The molecular formula is C32H33ClN2O11. The van der Waals surface area contributed by atoms with Crippen LogP contribution in [0.15, 0.2) is 30.3 Å². The molecule has 14 heteroatoms. The number of benzene rings is 2. The summed E-state index contributed by atoms with van der Waals surface area (Å²) in [5.74, 6) is -3.09. The maximum atomic E-state index is 13.6. The van der Waals surface area contributed by atoms with Crippen LogP contribution >= 0.6 is 11.6 Å². The van der Waals surface area contributed by atoms with Crippen molar-refractivity contribution in [2.75, 3.05) is 13.1 Å². The van der Waals surface area contributed by atoms with Crippen LogP contribution in [0, 0.1) is 5.92 Å². The van der Waals surface area contributed by atoms with Crippen LogP contribution in [0.1, 0.15) is 63.9 Å². The number of nitrogens with zero attached hydrogens (tertiary/aromatic N) is 2. The average molecular weight is 657 g/mol. The summed E-state index contributed by atoms with van der Waals surface area (Å²) < 4.78 is 6.55. The van der Waals surface area contributed by atoms with Crippen LogP contribution in [0.3, 0.4) is 0 Å². The van der Waals surface area contributed by atoms with Crippen LogP contribution in [0.25, 0.3) is 0 Å². The van der Waals surface area contributed by atoms with Crippen LogP contribution < -0.4 is 4.74 Å². The number of aromatic hydroxyl groups is 1. The van der Waals surface area contributed by atoms with Crippen LogP contribution in [-0.4, -0.2) is 113 Å². The van der Waals surface area contributed by atoms with E-state index in [1.807, 2.05) is 6.07 Å². The van der Waals surface area contributed by atoms with Gasteiger partial charge in [0.25, 0.3) is 11.8 Å². The number of carboxylic acid groups (broad SMARTS) is 2. The molecule has 8 rings (SSSR count). The van der Waals surface area contributed by atoms with Crippen molar-refractivity contribution in [1.29, 1.82) is 0 Å². The fourth-order valence-corrected chi connectivity index (χ4v) is 8.69. The number of fused-ring (bicyclic) bond motifs is 1. The summed E-state index contributed by atoms with van der Waals surface area (Å²) in [6.07, 6.45) is -0.382. The lowest BCUT2D eigenvalue weighted by atomic mass is 9.48. The predicted molar refractivity (Wildman–Crippen MR) is 158 cm³/mol. The maximum Gasteiger partial charge on any atom is 0.335 e. The minimum atomic E-state index is -2.27. The zero-order valence-corrected chi connectivity index (χ0v) is 25.3. The number of ether oxygens (including phenoxy) is 1. The number of hydrogen-bond donors (Lipinski definition) is 6. The van der Waals surface area contributed by atoms with Crippen molar-refractivity contribution in [3.05, 3.63) is 57.6 Å². The SMILES string of the molecule is O=C(O)C(O)C(O)C(=O)O.O=C1c2ccc(Cl)cc2C(=O)N1[C@@H]1CC[C@@]2(O)[C@H]3Cc4ccc(O)c5c4[C@@]2(CCN3CC2CC2)[C@@H]1O5. The highest BCUT2D eigenvalue weighted by atomic mass is 35.5. The fourth-order valence-electron chi connectivity index (χ4n) is 8.52. The summed E-state index contributed by atoms with van der Waals surface area (Å²) in [5, 5.41) is 56.4. The van der Waals surface area contributed by atoms with Crippen molar-refractivity contribution in [2.45, 2.75) is 79.9 Å². The van der Waals surface area contributed by atoms with Crippen LogP contribution in [0.5, 0.6) is 11.5 Å². The van der Waals surface area contributed by atoms with Gasteiger partial charge in [-0.3, -0.25) is 19.4 Å². The Hall–Kier alpha value is -3.75. The summed E-state index contributed by atoms with van der Waals surface area (Å²) in [7, 11) is 0. The fraction of sp³-hybridized carbons (Fsp3) is 0.500. The Balaban J connectivity index is 0.000000296. The second-order valence-corrected chi connectivity index (χ2v) is 13.6. The number of carbonyl (C=O) groups excluding carboxylic acids is 2. The zero-order chi connectivity index (χ0) is 32.9. The van der Waals surface area contributed by atoms with Crippen molar-refractivity contribution in [3.63, 3.8) is 0 Å². The van der Waals surface area contributed by atoms with Gasteiger partial charge in [0.15, 0.2) is 23.7 Å². The quantitative estimate of drug-likeness (QED) is 0.242. The van der Waals surface area contributed by atoms with Gasteiger partial charge in [0.2, 0.25) is 0 Å². The molecule has 2 aromatic rings. The topological polar surface area (TPSA) is 205 Å². The Morgan fingerprint density at radius 3 is 2.30 bits per heavy atom. The van der Waals surface area contributed by atoms with Crippen LogP contribution in [-0.2, 0) is 21.4 Å². The number of rotatable bonds is 6. The Labute approximate surface area is 267 Å². The number of likely N-dealkylation sites (tertiary alicyclic amines) is 1. The average Bonchev–Trinajstić information content (AvgIpc) is 3.71. The number of aliphatic hydroxyl groups is 3. The molecule has 2 amide bonds. The van der Waals surface area contributed by atoms with Crippen molar-refractivity contribution >= 4 is 35.4 Å². The van der Waals surface area contributed by atoms with E-state index in [4.69, 9.17) is 36.8 Å². The molecule has 1 saturated heterocycles. The number of carboxylic acids is 2. The molecule has 2 saturated carbocycles. The first-order valence-corrected chi connectivity index (χ1v) is 15.7. The number of phenols is 1. The molecule has 3 fully saturated rings. The number of piperidine rings is 1. The van der Waals surface area contributed by atoms with Crippen LogP contribution in [0.2, 0.25) is 5.02 Å². The monoisotopic (exact) mass is 656 g/mol. The molecule has 2 bridgehead atoms. The van der Waals surface area contributed by atoms with E-state index in [2.05, 4.69) is 4.90 Å². The molecule has 13 nitrogen and oxygen atoms in total. The highest BCUT2D eigenvalue weighted by molar-refractivity contribution is 6.32. The lowest BCUT2D eigenvalue weighted by Gasteiger charge is -2.64. The minimum Gasteiger partial charge on any atom is -0.504 e. The molecule has 0 aromatic heterocycles. The smallest absolute Gasteiger partial charge is 0.335 e.